The molecule has 9 heteroatoms. The van der Waals surface area contributed by atoms with Crippen LogP contribution in [-0.2, 0) is 6.54 Å². The van der Waals surface area contributed by atoms with Gasteiger partial charge in [-0.3, -0.25) is 9.69 Å². The van der Waals surface area contributed by atoms with E-state index in [2.05, 4.69) is 32.3 Å². The number of aromatic nitrogens is 5. The van der Waals surface area contributed by atoms with Gasteiger partial charge in [-0.1, -0.05) is 19.1 Å². The van der Waals surface area contributed by atoms with Gasteiger partial charge < -0.3 is 14.5 Å². The average molecular weight is 475 g/mol. The van der Waals surface area contributed by atoms with Gasteiger partial charge in [-0.25, -0.2) is 4.68 Å². The van der Waals surface area contributed by atoms with E-state index in [1.807, 2.05) is 48.5 Å². The number of methoxy groups -OCH3 is 2. The Morgan fingerprint density at radius 3 is 2.60 bits per heavy atom. The van der Waals surface area contributed by atoms with E-state index >= 15 is 0 Å². The highest BCUT2D eigenvalue weighted by Crippen LogP contribution is 2.31. The fourth-order valence-electron chi connectivity index (χ4n) is 4.91. The van der Waals surface area contributed by atoms with Gasteiger partial charge in [0.1, 0.15) is 17.5 Å². The maximum Gasteiger partial charge on any atom is 0.253 e. The second kappa shape index (κ2) is 9.87. The van der Waals surface area contributed by atoms with Crippen LogP contribution in [0.5, 0.6) is 11.5 Å². The zero-order chi connectivity index (χ0) is 24.4. The second-order valence-corrected chi connectivity index (χ2v) is 9.19. The monoisotopic (exact) mass is 474 g/mol. The molecule has 1 fully saturated rings. The number of aromatic amines is 1. The summed E-state index contributed by atoms with van der Waals surface area (Å²) in [4.78, 5) is 18.8. The predicted octanol–water partition coefficient (Wildman–Crippen LogP) is 3.40. The van der Waals surface area contributed by atoms with Crippen molar-refractivity contribution in [3.05, 3.63) is 75.8 Å². The van der Waals surface area contributed by atoms with Crippen molar-refractivity contribution in [2.75, 3.05) is 27.3 Å². The molecule has 0 aliphatic carbocycles. The minimum absolute atomic E-state index is 0.134. The summed E-state index contributed by atoms with van der Waals surface area (Å²) >= 11 is 0. The molecule has 2 aromatic carbocycles. The van der Waals surface area contributed by atoms with Gasteiger partial charge in [-0.05, 0) is 77.7 Å². The number of benzene rings is 2. The van der Waals surface area contributed by atoms with Crippen LogP contribution >= 0.6 is 0 Å². The quantitative estimate of drug-likeness (QED) is 0.438. The van der Waals surface area contributed by atoms with Crippen LogP contribution in [0.4, 0.5) is 0 Å². The van der Waals surface area contributed by atoms with Crippen molar-refractivity contribution in [3.63, 3.8) is 0 Å². The SMILES string of the molecule is COc1ccc(Cn2nnnc2[C@@H](c2cc3cc(OC)ccc3[nH]c2=O)N2CCC[C@@H](C)C2)cc1. The Bertz CT molecular complexity index is 1360. The summed E-state index contributed by atoms with van der Waals surface area (Å²) < 4.78 is 12.5. The van der Waals surface area contributed by atoms with Crippen molar-refractivity contribution in [3.8, 4) is 11.5 Å². The van der Waals surface area contributed by atoms with Gasteiger partial charge >= 0.3 is 0 Å². The number of tetrazole rings is 1. The third-order valence-corrected chi connectivity index (χ3v) is 6.72. The van der Waals surface area contributed by atoms with Gasteiger partial charge in [0.15, 0.2) is 5.82 Å². The van der Waals surface area contributed by atoms with Crippen LogP contribution in [0.3, 0.4) is 0 Å². The molecular weight excluding hydrogens is 444 g/mol. The number of H-pyrrole nitrogens is 1. The second-order valence-electron chi connectivity index (χ2n) is 9.19. The van der Waals surface area contributed by atoms with E-state index in [-0.39, 0.29) is 11.6 Å². The summed E-state index contributed by atoms with van der Waals surface area (Å²) in [5, 5.41) is 13.7. The molecule has 3 heterocycles. The fourth-order valence-corrected chi connectivity index (χ4v) is 4.91. The third kappa shape index (κ3) is 4.77. The van der Waals surface area contributed by atoms with Gasteiger partial charge in [0.2, 0.25) is 0 Å². The Balaban J connectivity index is 1.59. The van der Waals surface area contributed by atoms with Gasteiger partial charge in [-0.2, -0.15) is 0 Å². The summed E-state index contributed by atoms with van der Waals surface area (Å²) in [6.07, 6.45) is 2.24. The van der Waals surface area contributed by atoms with E-state index in [9.17, 15) is 4.79 Å². The van der Waals surface area contributed by atoms with E-state index in [4.69, 9.17) is 9.47 Å². The number of ether oxygens (including phenoxy) is 2. The Hall–Kier alpha value is -3.72. The maximum absolute atomic E-state index is 13.4. The van der Waals surface area contributed by atoms with Crippen molar-refractivity contribution in [1.82, 2.24) is 30.1 Å². The molecule has 1 aliphatic heterocycles. The first-order valence-electron chi connectivity index (χ1n) is 11.9. The zero-order valence-corrected chi connectivity index (χ0v) is 20.3. The van der Waals surface area contributed by atoms with E-state index in [1.54, 1.807) is 18.9 Å². The molecule has 2 aromatic heterocycles. The molecule has 1 N–H and O–H groups in total. The van der Waals surface area contributed by atoms with Crippen LogP contribution in [0.25, 0.3) is 10.9 Å². The summed E-state index contributed by atoms with van der Waals surface area (Å²) in [7, 11) is 3.29. The van der Waals surface area contributed by atoms with E-state index in [0.29, 0.717) is 23.9 Å². The Labute approximate surface area is 203 Å². The molecular formula is C26H30N6O3. The number of hydrogen-bond acceptors (Lipinski definition) is 7. The van der Waals surface area contributed by atoms with Crippen LogP contribution in [0, 0.1) is 5.92 Å². The van der Waals surface area contributed by atoms with Crippen molar-refractivity contribution >= 4 is 10.9 Å². The van der Waals surface area contributed by atoms with E-state index < -0.39 is 0 Å². The van der Waals surface area contributed by atoms with Crippen molar-refractivity contribution in [2.45, 2.75) is 32.4 Å². The van der Waals surface area contributed by atoms with E-state index in [0.717, 1.165) is 47.5 Å². The topological polar surface area (TPSA) is 98.2 Å². The Kier molecular flexibility index (Phi) is 6.50. The fraction of sp³-hybridized carbons (Fsp3) is 0.385. The van der Waals surface area contributed by atoms with Gasteiger partial charge in [0, 0.05) is 23.0 Å². The lowest BCUT2D eigenvalue weighted by Crippen LogP contribution is -2.41. The van der Waals surface area contributed by atoms with Crippen molar-refractivity contribution in [1.29, 1.82) is 0 Å². The van der Waals surface area contributed by atoms with Crippen LogP contribution in [0.15, 0.2) is 53.3 Å². The minimum Gasteiger partial charge on any atom is -0.497 e. The summed E-state index contributed by atoms with van der Waals surface area (Å²) in [6.45, 7) is 4.49. The summed E-state index contributed by atoms with van der Waals surface area (Å²) in [6, 6.07) is 15.1. The van der Waals surface area contributed by atoms with Gasteiger partial charge in [0.25, 0.3) is 5.56 Å². The smallest absolute Gasteiger partial charge is 0.253 e. The lowest BCUT2D eigenvalue weighted by atomic mass is 9.95. The number of nitrogens with zero attached hydrogens (tertiary/aromatic N) is 5. The number of hydrogen-bond donors (Lipinski definition) is 1. The summed E-state index contributed by atoms with van der Waals surface area (Å²) in [5.41, 5.74) is 2.31. The number of pyridine rings is 1. The Morgan fingerprint density at radius 2 is 1.86 bits per heavy atom. The van der Waals surface area contributed by atoms with Gasteiger partial charge in [-0.15, -0.1) is 5.10 Å². The summed E-state index contributed by atoms with van der Waals surface area (Å²) in [5.74, 6) is 2.71. The highest BCUT2D eigenvalue weighted by atomic mass is 16.5. The number of piperidine rings is 1. The first kappa shape index (κ1) is 23.0. The van der Waals surface area contributed by atoms with Crippen LogP contribution in [0.1, 0.15) is 42.8 Å². The number of rotatable bonds is 7. The molecule has 9 nitrogen and oxygen atoms in total. The van der Waals surface area contributed by atoms with Gasteiger partial charge in [0.05, 0.1) is 20.8 Å². The molecule has 4 aromatic rings. The minimum atomic E-state index is -0.370. The normalized spacial score (nSPS) is 17.4. The average Bonchev–Trinajstić information content (AvgIpc) is 3.32. The molecule has 1 saturated heterocycles. The molecule has 182 valence electrons. The lowest BCUT2D eigenvalue weighted by molar-refractivity contribution is 0.141. The first-order valence-corrected chi connectivity index (χ1v) is 11.9. The molecule has 0 saturated carbocycles. The number of fused-ring (bicyclic) bond motifs is 1. The molecule has 0 radical (unpaired) electrons. The molecule has 0 spiro atoms. The number of likely N-dealkylation sites (tertiary alicyclic amines) is 1. The lowest BCUT2D eigenvalue weighted by Gasteiger charge is -2.36. The molecule has 5 rings (SSSR count). The number of nitrogens with one attached hydrogen (secondary N) is 1. The molecule has 0 bridgehead atoms. The molecule has 35 heavy (non-hydrogen) atoms. The largest absolute Gasteiger partial charge is 0.497 e. The molecule has 0 unspecified atom stereocenters. The first-order chi connectivity index (χ1) is 17.1. The van der Waals surface area contributed by atoms with Crippen LogP contribution in [0.2, 0.25) is 0 Å². The highest BCUT2D eigenvalue weighted by molar-refractivity contribution is 5.80. The Morgan fingerprint density at radius 1 is 1.09 bits per heavy atom. The van der Waals surface area contributed by atoms with Crippen LogP contribution in [-0.4, -0.2) is 57.4 Å². The van der Waals surface area contributed by atoms with Crippen molar-refractivity contribution < 1.29 is 9.47 Å². The zero-order valence-electron chi connectivity index (χ0n) is 20.3. The van der Waals surface area contributed by atoms with Crippen molar-refractivity contribution in [2.24, 2.45) is 5.92 Å². The van der Waals surface area contributed by atoms with E-state index in [1.165, 1.54) is 6.42 Å². The standard InChI is InChI=1S/C26H30N6O3/c1-17-5-4-12-31(15-17)24(22-14-19-13-21(35-3)10-11-23(19)27-26(22)33)25-28-29-30-32(25)16-18-6-8-20(34-2)9-7-18/h6-11,13-14,17,24H,4-5,12,15-16H2,1-3H3,(H,27,33)/t17-,24-/m1/s1. The molecule has 1 aliphatic rings. The predicted molar refractivity (Wildman–Crippen MR) is 133 cm³/mol. The van der Waals surface area contributed by atoms with Crippen LogP contribution < -0.4 is 15.0 Å². The maximum atomic E-state index is 13.4. The molecule has 2 atom stereocenters. The third-order valence-electron chi connectivity index (χ3n) is 6.72. The molecule has 0 amide bonds. The highest BCUT2D eigenvalue weighted by Gasteiger charge is 2.32.